The van der Waals surface area contributed by atoms with Gasteiger partial charge < -0.3 is 15.2 Å². The van der Waals surface area contributed by atoms with Crippen molar-refractivity contribution in [3.63, 3.8) is 0 Å². The summed E-state index contributed by atoms with van der Waals surface area (Å²) in [6.45, 7) is 1.79. The maximum Gasteiger partial charge on any atom is 0.340 e. The lowest BCUT2D eigenvalue weighted by Crippen LogP contribution is -2.12. The molecule has 0 saturated heterocycles. The number of esters is 2. The molecular formula is C12H15NO4. The van der Waals surface area contributed by atoms with Crippen molar-refractivity contribution >= 4 is 17.6 Å². The molecule has 1 rings (SSSR count). The van der Waals surface area contributed by atoms with Crippen LogP contribution in [0.15, 0.2) is 18.2 Å². The van der Waals surface area contributed by atoms with Gasteiger partial charge in [0.1, 0.15) is 6.61 Å². The Hall–Kier alpha value is -2.04. The SMILES string of the molecule is COC(=O)CCOC(=O)c1cccc(C)c1N. The molecule has 0 radical (unpaired) electrons. The van der Waals surface area contributed by atoms with Crippen LogP contribution in [-0.4, -0.2) is 25.7 Å². The highest BCUT2D eigenvalue weighted by Crippen LogP contribution is 2.17. The molecular weight excluding hydrogens is 222 g/mol. The van der Waals surface area contributed by atoms with E-state index in [-0.39, 0.29) is 13.0 Å². The summed E-state index contributed by atoms with van der Waals surface area (Å²) in [7, 11) is 1.28. The van der Waals surface area contributed by atoms with Crippen LogP contribution in [0.4, 0.5) is 5.69 Å². The second-order valence-electron chi connectivity index (χ2n) is 3.50. The van der Waals surface area contributed by atoms with E-state index in [0.29, 0.717) is 11.3 Å². The zero-order valence-corrected chi connectivity index (χ0v) is 9.86. The minimum atomic E-state index is -0.532. The van der Waals surface area contributed by atoms with Gasteiger partial charge in [-0.25, -0.2) is 4.79 Å². The van der Waals surface area contributed by atoms with E-state index >= 15 is 0 Å². The van der Waals surface area contributed by atoms with Crippen LogP contribution in [0, 0.1) is 6.92 Å². The highest BCUT2D eigenvalue weighted by atomic mass is 16.5. The monoisotopic (exact) mass is 237 g/mol. The van der Waals surface area contributed by atoms with E-state index in [4.69, 9.17) is 10.5 Å². The molecule has 0 aliphatic rings. The van der Waals surface area contributed by atoms with Gasteiger partial charge in [-0.05, 0) is 18.6 Å². The summed E-state index contributed by atoms with van der Waals surface area (Å²) in [4.78, 5) is 22.4. The van der Waals surface area contributed by atoms with Gasteiger partial charge in [-0.2, -0.15) is 0 Å². The van der Waals surface area contributed by atoms with Crippen molar-refractivity contribution in [3.8, 4) is 0 Å². The van der Waals surface area contributed by atoms with Gasteiger partial charge in [0.15, 0.2) is 0 Å². The average molecular weight is 237 g/mol. The molecule has 1 aromatic carbocycles. The first-order valence-electron chi connectivity index (χ1n) is 5.15. The minimum absolute atomic E-state index is 0.0150. The van der Waals surface area contributed by atoms with Gasteiger partial charge >= 0.3 is 11.9 Å². The second-order valence-corrected chi connectivity index (χ2v) is 3.50. The molecule has 0 atom stereocenters. The van der Waals surface area contributed by atoms with E-state index in [1.807, 2.05) is 0 Å². The summed E-state index contributed by atoms with van der Waals surface area (Å²) in [5.41, 5.74) is 7.27. The third kappa shape index (κ3) is 3.48. The molecule has 0 amide bonds. The summed E-state index contributed by atoms with van der Waals surface area (Å²) in [5, 5.41) is 0. The fourth-order valence-corrected chi connectivity index (χ4v) is 1.27. The molecule has 0 fully saturated rings. The van der Waals surface area contributed by atoms with Gasteiger partial charge in [-0.1, -0.05) is 12.1 Å². The predicted octanol–water partition coefficient (Wildman–Crippen LogP) is 1.30. The van der Waals surface area contributed by atoms with Crippen LogP contribution in [-0.2, 0) is 14.3 Å². The van der Waals surface area contributed by atoms with Gasteiger partial charge in [0.2, 0.25) is 0 Å². The molecule has 0 aliphatic heterocycles. The molecule has 0 aromatic heterocycles. The number of rotatable bonds is 4. The number of aryl methyl sites for hydroxylation is 1. The molecule has 17 heavy (non-hydrogen) atoms. The summed E-state index contributed by atoms with van der Waals surface area (Å²) in [5.74, 6) is -0.954. The van der Waals surface area contributed by atoms with Gasteiger partial charge in [-0.3, -0.25) is 4.79 Å². The molecule has 5 heteroatoms. The quantitative estimate of drug-likeness (QED) is 0.630. The first-order chi connectivity index (χ1) is 8.06. The lowest BCUT2D eigenvalue weighted by atomic mass is 10.1. The van der Waals surface area contributed by atoms with Crippen LogP contribution in [0.25, 0.3) is 0 Å². The molecule has 0 heterocycles. The van der Waals surface area contributed by atoms with Crippen molar-refractivity contribution in [3.05, 3.63) is 29.3 Å². The Labute approximate surface area is 99.5 Å². The van der Waals surface area contributed by atoms with E-state index < -0.39 is 11.9 Å². The minimum Gasteiger partial charge on any atom is -0.469 e. The fourth-order valence-electron chi connectivity index (χ4n) is 1.27. The number of carbonyl (C=O) groups is 2. The number of carbonyl (C=O) groups excluding carboxylic acids is 2. The number of hydrogen-bond donors (Lipinski definition) is 1. The van der Waals surface area contributed by atoms with Crippen LogP contribution in [0.3, 0.4) is 0 Å². The third-order valence-corrected chi connectivity index (χ3v) is 2.31. The Balaban J connectivity index is 2.59. The molecule has 0 unspecified atom stereocenters. The number of anilines is 1. The van der Waals surface area contributed by atoms with E-state index in [0.717, 1.165) is 5.56 Å². The van der Waals surface area contributed by atoms with Crippen molar-refractivity contribution < 1.29 is 19.1 Å². The van der Waals surface area contributed by atoms with Gasteiger partial charge in [0.25, 0.3) is 0 Å². The molecule has 0 saturated carbocycles. The van der Waals surface area contributed by atoms with Crippen LogP contribution in [0.5, 0.6) is 0 Å². The third-order valence-electron chi connectivity index (χ3n) is 2.31. The summed E-state index contributed by atoms with van der Waals surface area (Å²) < 4.78 is 9.34. The van der Waals surface area contributed by atoms with Gasteiger partial charge in [0.05, 0.1) is 19.1 Å². The standard InChI is InChI=1S/C12H15NO4/c1-8-4-3-5-9(11(8)13)12(15)17-7-6-10(14)16-2/h3-5H,6-7,13H2,1-2H3. The average Bonchev–Trinajstić information content (AvgIpc) is 2.32. The number of hydrogen-bond acceptors (Lipinski definition) is 5. The van der Waals surface area contributed by atoms with Crippen LogP contribution in [0.2, 0.25) is 0 Å². The van der Waals surface area contributed by atoms with Crippen LogP contribution >= 0.6 is 0 Å². The molecule has 92 valence electrons. The number of nitrogen functional groups attached to an aromatic ring is 1. The fraction of sp³-hybridized carbons (Fsp3) is 0.333. The molecule has 5 nitrogen and oxygen atoms in total. The highest BCUT2D eigenvalue weighted by Gasteiger charge is 2.12. The van der Waals surface area contributed by atoms with E-state index in [1.165, 1.54) is 7.11 Å². The second kappa shape index (κ2) is 5.89. The zero-order chi connectivity index (χ0) is 12.8. The molecule has 0 spiro atoms. The summed E-state index contributed by atoms with van der Waals surface area (Å²) in [6.07, 6.45) is 0.0357. The Kier molecular flexibility index (Phi) is 4.51. The van der Waals surface area contributed by atoms with E-state index in [9.17, 15) is 9.59 Å². The van der Waals surface area contributed by atoms with Crippen molar-refractivity contribution in [2.45, 2.75) is 13.3 Å². The molecule has 0 aliphatic carbocycles. The Morgan fingerprint density at radius 2 is 2.06 bits per heavy atom. The smallest absolute Gasteiger partial charge is 0.340 e. The van der Waals surface area contributed by atoms with Gasteiger partial charge in [-0.15, -0.1) is 0 Å². The number of methoxy groups -OCH3 is 1. The van der Waals surface area contributed by atoms with Crippen molar-refractivity contribution in [1.29, 1.82) is 0 Å². The zero-order valence-electron chi connectivity index (χ0n) is 9.86. The summed E-state index contributed by atoms with van der Waals surface area (Å²) >= 11 is 0. The van der Waals surface area contributed by atoms with Gasteiger partial charge in [0, 0.05) is 5.69 Å². The first-order valence-corrected chi connectivity index (χ1v) is 5.15. The molecule has 1 aromatic rings. The van der Waals surface area contributed by atoms with E-state index in [2.05, 4.69) is 4.74 Å². The lowest BCUT2D eigenvalue weighted by Gasteiger charge is -2.08. The Bertz CT molecular complexity index is 429. The number of para-hydroxylation sites is 1. The maximum absolute atomic E-state index is 11.6. The Morgan fingerprint density at radius 3 is 2.71 bits per heavy atom. The van der Waals surface area contributed by atoms with Crippen molar-refractivity contribution in [2.24, 2.45) is 0 Å². The number of nitrogens with two attached hydrogens (primary N) is 1. The van der Waals surface area contributed by atoms with Crippen molar-refractivity contribution in [2.75, 3.05) is 19.5 Å². The molecule has 0 bridgehead atoms. The summed E-state index contributed by atoms with van der Waals surface area (Å²) in [6, 6.07) is 5.12. The largest absolute Gasteiger partial charge is 0.469 e. The Morgan fingerprint density at radius 1 is 1.35 bits per heavy atom. The number of benzene rings is 1. The lowest BCUT2D eigenvalue weighted by molar-refractivity contribution is -0.141. The molecule has 2 N–H and O–H groups in total. The predicted molar refractivity (Wildman–Crippen MR) is 62.5 cm³/mol. The normalized spacial score (nSPS) is 9.76. The van der Waals surface area contributed by atoms with Crippen molar-refractivity contribution in [1.82, 2.24) is 0 Å². The van der Waals surface area contributed by atoms with Crippen LogP contribution < -0.4 is 5.73 Å². The topological polar surface area (TPSA) is 78.6 Å². The first kappa shape index (κ1) is 13.0. The highest BCUT2D eigenvalue weighted by molar-refractivity contribution is 5.95. The van der Waals surface area contributed by atoms with E-state index in [1.54, 1.807) is 25.1 Å². The number of ether oxygens (including phenoxy) is 2. The maximum atomic E-state index is 11.6. The van der Waals surface area contributed by atoms with Crippen LogP contribution in [0.1, 0.15) is 22.3 Å².